The maximum atomic E-state index is 4.08. The Bertz CT molecular complexity index is 229. The van der Waals surface area contributed by atoms with E-state index in [2.05, 4.69) is 40.0 Å². The fourth-order valence-electron chi connectivity index (χ4n) is 2.07. The first kappa shape index (κ1) is 9.31. The van der Waals surface area contributed by atoms with Gasteiger partial charge in [0.2, 0.25) is 0 Å². The third kappa shape index (κ3) is 1.69. The summed E-state index contributed by atoms with van der Waals surface area (Å²) in [5.41, 5.74) is 4.15. The van der Waals surface area contributed by atoms with Gasteiger partial charge < -0.3 is 0 Å². The van der Waals surface area contributed by atoms with E-state index in [9.17, 15) is 0 Å². The summed E-state index contributed by atoms with van der Waals surface area (Å²) >= 11 is 0. The Labute approximate surface area is 75.7 Å². The van der Waals surface area contributed by atoms with E-state index < -0.39 is 0 Å². The van der Waals surface area contributed by atoms with Crippen LogP contribution in [0.3, 0.4) is 0 Å². The van der Waals surface area contributed by atoms with Gasteiger partial charge in [-0.2, -0.15) is 0 Å². The highest BCUT2D eigenvalue weighted by molar-refractivity contribution is 5.47. The minimum absolute atomic E-state index is 0.362. The van der Waals surface area contributed by atoms with Crippen LogP contribution in [0.2, 0.25) is 0 Å². The molecule has 0 radical (unpaired) electrons. The molecule has 0 N–H and O–H groups in total. The summed E-state index contributed by atoms with van der Waals surface area (Å²) in [6, 6.07) is 0. The van der Waals surface area contributed by atoms with Gasteiger partial charge in [0.1, 0.15) is 0 Å². The predicted molar refractivity (Wildman–Crippen MR) is 55.1 cm³/mol. The van der Waals surface area contributed by atoms with Crippen LogP contribution in [-0.2, 0) is 0 Å². The summed E-state index contributed by atoms with van der Waals surface area (Å²) in [6.45, 7) is 14.8. The lowest BCUT2D eigenvalue weighted by Gasteiger charge is -2.34. The van der Waals surface area contributed by atoms with E-state index in [0.717, 1.165) is 12.8 Å². The van der Waals surface area contributed by atoms with E-state index in [-0.39, 0.29) is 0 Å². The summed E-state index contributed by atoms with van der Waals surface area (Å²) in [4.78, 5) is 0. The third-order valence-electron chi connectivity index (χ3n) is 2.43. The predicted octanol–water partition coefficient (Wildman–Crippen LogP) is 3.87. The Morgan fingerprint density at radius 2 is 1.58 bits per heavy atom. The second-order valence-electron chi connectivity index (χ2n) is 4.43. The molecule has 0 atom stereocenters. The molecular formula is C12H18. The van der Waals surface area contributed by atoms with E-state index in [1.54, 1.807) is 0 Å². The van der Waals surface area contributed by atoms with Crippen molar-refractivity contribution in [2.75, 3.05) is 0 Å². The Morgan fingerprint density at radius 3 is 1.92 bits per heavy atom. The van der Waals surface area contributed by atoms with Crippen molar-refractivity contribution in [2.24, 2.45) is 5.41 Å². The van der Waals surface area contributed by atoms with E-state index in [4.69, 9.17) is 0 Å². The zero-order valence-electron chi connectivity index (χ0n) is 8.41. The van der Waals surface area contributed by atoms with Crippen LogP contribution in [0.15, 0.2) is 36.0 Å². The highest BCUT2D eigenvalue weighted by Gasteiger charge is 2.27. The molecule has 66 valence electrons. The highest BCUT2D eigenvalue weighted by Crippen LogP contribution is 2.42. The second-order valence-corrected chi connectivity index (χ2v) is 4.43. The average Bonchev–Trinajstić information content (AvgIpc) is 1.82. The maximum absolute atomic E-state index is 4.08. The van der Waals surface area contributed by atoms with Gasteiger partial charge in [-0.15, -0.1) is 0 Å². The van der Waals surface area contributed by atoms with Crippen LogP contribution in [0.4, 0.5) is 0 Å². The van der Waals surface area contributed by atoms with Crippen molar-refractivity contribution in [3.05, 3.63) is 36.0 Å². The molecule has 0 unspecified atom stereocenters. The molecular weight excluding hydrogens is 144 g/mol. The van der Waals surface area contributed by atoms with Gasteiger partial charge in [0.25, 0.3) is 0 Å². The van der Waals surface area contributed by atoms with Crippen molar-refractivity contribution in [2.45, 2.75) is 33.6 Å². The fraction of sp³-hybridized carbons (Fsp3) is 0.500. The van der Waals surface area contributed by atoms with Gasteiger partial charge in [0.05, 0.1) is 0 Å². The Hall–Kier alpha value is -0.780. The first-order valence-corrected chi connectivity index (χ1v) is 4.49. The van der Waals surface area contributed by atoms with Crippen molar-refractivity contribution in [3.8, 4) is 0 Å². The zero-order chi connectivity index (χ0) is 9.35. The lowest BCUT2D eigenvalue weighted by Crippen LogP contribution is -2.19. The minimum Gasteiger partial charge on any atom is -0.0952 e. The molecule has 0 bridgehead atoms. The maximum Gasteiger partial charge on any atom is -0.0224 e. The molecule has 0 spiro atoms. The van der Waals surface area contributed by atoms with Gasteiger partial charge in [-0.25, -0.2) is 0 Å². The van der Waals surface area contributed by atoms with Crippen LogP contribution in [0.1, 0.15) is 33.6 Å². The van der Waals surface area contributed by atoms with Gasteiger partial charge in [-0.3, -0.25) is 0 Å². The SMILES string of the molecule is C=C1CC(C)(C)CC(=C)C1=CC. The van der Waals surface area contributed by atoms with E-state index in [1.807, 2.05) is 0 Å². The summed E-state index contributed by atoms with van der Waals surface area (Å²) in [7, 11) is 0. The molecule has 0 aromatic carbocycles. The second kappa shape index (κ2) is 2.93. The van der Waals surface area contributed by atoms with Gasteiger partial charge in [-0.1, -0.05) is 33.1 Å². The molecule has 0 amide bonds. The highest BCUT2D eigenvalue weighted by atomic mass is 14.3. The lowest BCUT2D eigenvalue weighted by molar-refractivity contribution is 0.349. The summed E-state index contributed by atoms with van der Waals surface area (Å²) in [5.74, 6) is 0. The molecule has 1 aliphatic carbocycles. The molecule has 0 aromatic heterocycles. The zero-order valence-corrected chi connectivity index (χ0v) is 8.41. The average molecular weight is 162 g/mol. The van der Waals surface area contributed by atoms with E-state index in [0.29, 0.717) is 5.41 Å². The minimum atomic E-state index is 0.362. The molecule has 0 aromatic rings. The Balaban J connectivity index is 2.93. The van der Waals surface area contributed by atoms with Crippen LogP contribution in [0.25, 0.3) is 0 Å². The van der Waals surface area contributed by atoms with Gasteiger partial charge in [0.15, 0.2) is 0 Å². The lowest BCUT2D eigenvalue weighted by atomic mass is 9.71. The third-order valence-corrected chi connectivity index (χ3v) is 2.43. The largest absolute Gasteiger partial charge is 0.0952 e. The number of rotatable bonds is 0. The van der Waals surface area contributed by atoms with Crippen molar-refractivity contribution in [3.63, 3.8) is 0 Å². The molecule has 0 nitrogen and oxygen atoms in total. The molecule has 0 aliphatic heterocycles. The molecule has 1 rings (SSSR count). The first-order chi connectivity index (χ1) is 5.46. The monoisotopic (exact) mass is 162 g/mol. The van der Waals surface area contributed by atoms with Crippen LogP contribution in [0, 0.1) is 5.41 Å². The van der Waals surface area contributed by atoms with E-state index >= 15 is 0 Å². The van der Waals surface area contributed by atoms with Gasteiger partial charge in [0, 0.05) is 0 Å². The van der Waals surface area contributed by atoms with Crippen molar-refractivity contribution >= 4 is 0 Å². The standard InChI is InChI=1S/C12H18/c1-6-11-9(2)7-12(4,5)8-10(11)3/h6H,2-3,7-8H2,1,4-5H3. The molecule has 0 saturated heterocycles. The molecule has 0 heteroatoms. The van der Waals surface area contributed by atoms with Crippen LogP contribution in [-0.4, -0.2) is 0 Å². The number of hydrogen-bond donors (Lipinski definition) is 0. The summed E-state index contributed by atoms with van der Waals surface area (Å²) in [6.07, 6.45) is 4.33. The van der Waals surface area contributed by atoms with Crippen LogP contribution in [0.5, 0.6) is 0 Å². The van der Waals surface area contributed by atoms with Gasteiger partial charge >= 0.3 is 0 Å². The molecule has 12 heavy (non-hydrogen) atoms. The van der Waals surface area contributed by atoms with Crippen LogP contribution >= 0.6 is 0 Å². The molecule has 1 fully saturated rings. The van der Waals surface area contributed by atoms with E-state index in [1.165, 1.54) is 16.7 Å². The van der Waals surface area contributed by atoms with Crippen molar-refractivity contribution in [1.82, 2.24) is 0 Å². The van der Waals surface area contributed by atoms with Gasteiger partial charge in [-0.05, 0) is 41.9 Å². The van der Waals surface area contributed by atoms with Crippen molar-refractivity contribution < 1.29 is 0 Å². The van der Waals surface area contributed by atoms with Crippen LogP contribution < -0.4 is 0 Å². The topological polar surface area (TPSA) is 0 Å². The fourth-order valence-corrected chi connectivity index (χ4v) is 2.07. The quantitative estimate of drug-likeness (QED) is 0.507. The summed E-state index contributed by atoms with van der Waals surface area (Å²) < 4.78 is 0. The molecule has 1 saturated carbocycles. The Morgan fingerprint density at radius 1 is 1.17 bits per heavy atom. The molecule has 0 heterocycles. The normalized spacial score (nSPS) is 22.8. The molecule has 1 aliphatic rings. The number of hydrogen-bond acceptors (Lipinski definition) is 0. The smallest absolute Gasteiger partial charge is 0.0224 e. The number of allylic oxidation sites excluding steroid dienone is 4. The Kier molecular flexibility index (Phi) is 2.27. The summed E-state index contributed by atoms with van der Waals surface area (Å²) in [5, 5.41) is 0. The first-order valence-electron chi connectivity index (χ1n) is 4.49. The van der Waals surface area contributed by atoms with Crippen molar-refractivity contribution in [1.29, 1.82) is 0 Å².